The van der Waals surface area contributed by atoms with Crippen molar-refractivity contribution in [2.45, 2.75) is 20.3 Å². The average molecular weight is 280 g/mol. The van der Waals surface area contributed by atoms with E-state index in [2.05, 4.69) is 19.1 Å². The van der Waals surface area contributed by atoms with E-state index in [4.69, 9.17) is 4.74 Å². The van der Waals surface area contributed by atoms with Gasteiger partial charge in [-0.05, 0) is 54.8 Å². The number of carbonyl (C=O) groups excluding carboxylic acids is 1. The van der Waals surface area contributed by atoms with Gasteiger partial charge in [-0.15, -0.1) is 0 Å². The van der Waals surface area contributed by atoms with Crippen LogP contribution in [0.2, 0.25) is 0 Å². The number of carbonyl (C=O) groups is 1. The van der Waals surface area contributed by atoms with Gasteiger partial charge in [0.15, 0.2) is 5.78 Å². The highest BCUT2D eigenvalue weighted by Gasteiger charge is 2.02. The number of allylic oxidation sites excluding steroid dienone is 1. The molecule has 0 spiro atoms. The lowest BCUT2D eigenvalue weighted by atomic mass is 10.1. The highest BCUT2D eigenvalue weighted by Crippen LogP contribution is 2.13. The van der Waals surface area contributed by atoms with Crippen LogP contribution in [0.4, 0.5) is 0 Å². The monoisotopic (exact) mass is 280 g/mol. The van der Waals surface area contributed by atoms with E-state index in [0.717, 1.165) is 17.7 Å². The number of hydrogen-bond donors (Lipinski definition) is 0. The maximum Gasteiger partial charge on any atom is 0.185 e. The molecule has 0 aromatic heterocycles. The molecule has 108 valence electrons. The van der Waals surface area contributed by atoms with Crippen molar-refractivity contribution in [3.05, 3.63) is 71.3 Å². The Morgan fingerprint density at radius 3 is 2.24 bits per heavy atom. The van der Waals surface area contributed by atoms with E-state index in [9.17, 15) is 4.79 Å². The molecule has 0 N–H and O–H groups in total. The van der Waals surface area contributed by atoms with Gasteiger partial charge in [0, 0.05) is 5.56 Å². The summed E-state index contributed by atoms with van der Waals surface area (Å²) in [5, 5.41) is 0. The molecule has 21 heavy (non-hydrogen) atoms. The topological polar surface area (TPSA) is 26.3 Å². The first-order chi connectivity index (χ1) is 10.2. The summed E-state index contributed by atoms with van der Waals surface area (Å²) in [7, 11) is 0. The van der Waals surface area contributed by atoms with Crippen LogP contribution in [0.5, 0.6) is 5.75 Å². The number of ether oxygens (including phenoxy) is 1. The molecule has 0 bridgehead atoms. The molecule has 0 aliphatic rings. The van der Waals surface area contributed by atoms with Gasteiger partial charge in [0.05, 0.1) is 6.61 Å². The smallest absolute Gasteiger partial charge is 0.185 e. The molecule has 2 heteroatoms. The van der Waals surface area contributed by atoms with Crippen LogP contribution in [-0.4, -0.2) is 12.4 Å². The molecule has 0 aliphatic heterocycles. The second-order valence-corrected chi connectivity index (χ2v) is 4.75. The van der Waals surface area contributed by atoms with Crippen LogP contribution in [0.25, 0.3) is 6.08 Å². The number of rotatable bonds is 6. The molecule has 0 fully saturated rings. The Morgan fingerprint density at radius 1 is 1.00 bits per heavy atom. The maximum atomic E-state index is 12.1. The first-order valence-corrected chi connectivity index (χ1v) is 7.27. The number of hydrogen-bond acceptors (Lipinski definition) is 2. The molecule has 0 radical (unpaired) electrons. The summed E-state index contributed by atoms with van der Waals surface area (Å²) in [6, 6.07) is 15.4. The normalized spacial score (nSPS) is 10.8. The fraction of sp³-hybridized carbons (Fsp3) is 0.211. The molecule has 2 rings (SSSR count). The van der Waals surface area contributed by atoms with Gasteiger partial charge in [0.1, 0.15) is 5.75 Å². The van der Waals surface area contributed by atoms with Crippen molar-refractivity contribution in [3.63, 3.8) is 0 Å². The van der Waals surface area contributed by atoms with Gasteiger partial charge >= 0.3 is 0 Å². The summed E-state index contributed by atoms with van der Waals surface area (Å²) >= 11 is 0. The van der Waals surface area contributed by atoms with Crippen LogP contribution in [0.1, 0.15) is 35.3 Å². The predicted molar refractivity (Wildman–Crippen MR) is 86.8 cm³/mol. The van der Waals surface area contributed by atoms with Crippen molar-refractivity contribution in [1.82, 2.24) is 0 Å². The summed E-state index contributed by atoms with van der Waals surface area (Å²) in [4.78, 5) is 12.1. The lowest BCUT2D eigenvalue weighted by Gasteiger charge is -2.03. The van der Waals surface area contributed by atoms with Gasteiger partial charge in [-0.2, -0.15) is 0 Å². The molecule has 0 amide bonds. The van der Waals surface area contributed by atoms with Gasteiger partial charge < -0.3 is 4.74 Å². The van der Waals surface area contributed by atoms with Crippen LogP contribution in [0.3, 0.4) is 0 Å². The number of benzene rings is 2. The lowest BCUT2D eigenvalue weighted by molar-refractivity contribution is 0.104. The molecule has 0 unspecified atom stereocenters. The third kappa shape index (κ3) is 4.32. The highest BCUT2D eigenvalue weighted by atomic mass is 16.5. The molecular formula is C19H20O2. The molecule has 0 aliphatic carbocycles. The molecule has 0 saturated heterocycles. The summed E-state index contributed by atoms with van der Waals surface area (Å²) in [5.74, 6) is 0.783. The van der Waals surface area contributed by atoms with E-state index >= 15 is 0 Å². The minimum absolute atomic E-state index is 0.00221. The van der Waals surface area contributed by atoms with Gasteiger partial charge in [0.2, 0.25) is 0 Å². The second-order valence-electron chi connectivity index (χ2n) is 4.75. The fourth-order valence-corrected chi connectivity index (χ4v) is 2.01. The summed E-state index contributed by atoms with van der Waals surface area (Å²) in [6.45, 7) is 4.69. The van der Waals surface area contributed by atoms with Crippen LogP contribution < -0.4 is 4.74 Å². The van der Waals surface area contributed by atoms with Crippen LogP contribution >= 0.6 is 0 Å². The maximum absolute atomic E-state index is 12.1. The van der Waals surface area contributed by atoms with E-state index in [-0.39, 0.29) is 5.78 Å². The van der Waals surface area contributed by atoms with Crippen LogP contribution in [-0.2, 0) is 6.42 Å². The second kappa shape index (κ2) is 7.44. The zero-order valence-electron chi connectivity index (χ0n) is 12.5. The first-order valence-electron chi connectivity index (χ1n) is 7.27. The quantitative estimate of drug-likeness (QED) is 0.573. The lowest BCUT2D eigenvalue weighted by Crippen LogP contribution is -1.95. The summed E-state index contributed by atoms with van der Waals surface area (Å²) in [6.07, 6.45) is 4.48. The van der Waals surface area contributed by atoms with Gasteiger partial charge in [-0.25, -0.2) is 0 Å². The van der Waals surface area contributed by atoms with Crippen molar-refractivity contribution in [1.29, 1.82) is 0 Å². The van der Waals surface area contributed by atoms with Crippen molar-refractivity contribution < 1.29 is 9.53 Å². The van der Waals surface area contributed by atoms with E-state index < -0.39 is 0 Å². The largest absolute Gasteiger partial charge is 0.494 e. The zero-order chi connectivity index (χ0) is 15.1. The van der Waals surface area contributed by atoms with Crippen molar-refractivity contribution in [2.24, 2.45) is 0 Å². The Balaban J connectivity index is 2.03. The molecule has 0 heterocycles. The van der Waals surface area contributed by atoms with Crippen LogP contribution in [0.15, 0.2) is 54.6 Å². The van der Waals surface area contributed by atoms with E-state index in [1.165, 1.54) is 5.56 Å². The molecule has 0 atom stereocenters. The standard InChI is InChI=1S/C19H20O2/c1-3-15-5-7-16(8-6-15)9-14-19(20)17-10-12-18(13-11-17)21-4-2/h5-14H,3-4H2,1-2H3/b14-9+. The molecule has 0 saturated carbocycles. The Labute approximate surface area is 126 Å². The van der Waals surface area contributed by atoms with Gasteiger partial charge in [0.25, 0.3) is 0 Å². The Morgan fingerprint density at radius 2 is 1.67 bits per heavy atom. The fourth-order valence-electron chi connectivity index (χ4n) is 2.01. The van der Waals surface area contributed by atoms with Crippen molar-refractivity contribution in [2.75, 3.05) is 6.61 Å². The molecule has 2 aromatic carbocycles. The highest BCUT2D eigenvalue weighted by molar-refractivity contribution is 6.06. The van der Waals surface area contributed by atoms with Crippen molar-refractivity contribution >= 4 is 11.9 Å². The SMILES string of the molecule is CCOc1ccc(C(=O)/C=C/c2ccc(CC)cc2)cc1. The first kappa shape index (κ1) is 15.0. The minimum Gasteiger partial charge on any atom is -0.494 e. The van der Waals surface area contributed by atoms with Crippen molar-refractivity contribution in [3.8, 4) is 5.75 Å². The van der Waals surface area contributed by atoms with Gasteiger partial charge in [-0.1, -0.05) is 37.3 Å². The summed E-state index contributed by atoms with van der Waals surface area (Å²) < 4.78 is 5.36. The third-order valence-corrected chi connectivity index (χ3v) is 3.26. The zero-order valence-corrected chi connectivity index (χ0v) is 12.5. The van der Waals surface area contributed by atoms with E-state index in [0.29, 0.717) is 12.2 Å². The molecule has 2 nitrogen and oxygen atoms in total. The average Bonchev–Trinajstić information content (AvgIpc) is 2.54. The Bertz CT molecular complexity index is 607. The Kier molecular flexibility index (Phi) is 5.33. The van der Waals surface area contributed by atoms with E-state index in [1.807, 2.05) is 37.3 Å². The van der Waals surface area contributed by atoms with Gasteiger partial charge in [-0.3, -0.25) is 4.79 Å². The van der Waals surface area contributed by atoms with Crippen LogP contribution in [0, 0.1) is 0 Å². The number of aryl methyl sites for hydroxylation is 1. The molecular weight excluding hydrogens is 260 g/mol. The minimum atomic E-state index is -0.00221. The molecule has 2 aromatic rings. The summed E-state index contributed by atoms with van der Waals surface area (Å²) in [5.41, 5.74) is 3.00. The predicted octanol–water partition coefficient (Wildman–Crippen LogP) is 4.54. The number of ketones is 1. The third-order valence-electron chi connectivity index (χ3n) is 3.26. The Hall–Kier alpha value is -2.35. The van der Waals surface area contributed by atoms with E-state index in [1.54, 1.807) is 18.2 Å².